The van der Waals surface area contributed by atoms with Gasteiger partial charge in [-0.2, -0.15) is 0 Å². The van der Waals surface area contributed by atoms with Crippen molar-refractivity contribution in [2.24, 2.45) is 5.73 Å². The summed E-state index contributed by atoms with van der Waals surface area (Å²) in [6, 6.07) is 5.86. The Balaban J connectivity index is 2.07. The minimum atomic E-state index is -0.444. The number of halogens is 2. The standard InChI is InChI=1S/C16H18ClFN2O2/c1-16(2,13-4-3-11(18)6-14(13)17)9-20-15(21)10-5-12(7-19)22-8-10/h3-6,8H,7,9,19H2,1-2H3,(H,20,21). The van der Waals surface area contributed by atoms with Crippen LogP contribution < -0.4 is 11.1 Å². The van der Waals surface area contributed by atoms with Crippen LogP contribution in [0, 0.1) is 5.82 Å². The highest BCUT2D eigenvalue weighted by Crippen LogP contribution is 2.30. The molecule has 0 bridgehead atoms. The maximum Gasteiger partial charge on any atom is 0.254 e. The van der Waals surface area contributed by atoms with Crippen LogP contribution in [0.5, 0.6) is 0 Å². The van der Waals surface area contributed by atoms with E-state index in [0.717, 1.165) is 5.56 Å². The Morgan fingerprint density at radius 3 is 2.73 bits per heavy atom. The Bertz CT molecular complexity index is 683. The quantitative estimate of drug-likeness (QED) is 0.887. The molecule has 1 amide bonds. The first-order valence-corrected chi connectivity index (χ1v) is 7.22. The molecule has 4 nitrogen and oxygen atoms in total. The predicted molar refractivity (Wildman–Crippen MR) is 83.4 cm³/mol. The first-order valence-electron chi connectivity index (χ1n) is 6.84. The molecule has 2 aromatic rings. The van der Waals surface area contributed by atoms with Crippen molar-refractivity contribution in [1.82, 2.24) is 5.32 Å². The number of nitrogens with two attached hydrogens (primary N) is 1. The van der Waals surface area contributed by atoms with Gasteiger partial charge in [0.25, 0.3) is 5.91 Å². The third-order valence-corrected chi connectivity index (χ3v) is 3.78. The van der Waals surface area contributed by atoms with Crippen LogP contribution in [0.3, 0.4) is 0 Å². The van der Waals surface area contributed by atoms with Gasteiger partial charge in [0.05, 0.1) is 12.1 Å². The van der Waals surface area contributed by atoms with E-state index in [9.17, 15) is 9.18 Å². The molecule has 0 spiro atoms. The Morgan fingerprint density at radius 1 is 1.41 bits per heavy atom. The highest BCUT2D eigenvalue weighted by atomic mass is 35.5. The van der Waals surface area contributed by atoms with Crippen LogP contribution in [-0.2, 0) is 12.0 Å². The number of rotatable bonds is 5. The average molecular weight is 325 g/mol. The number of carbonyl (C=O) groups excluding carboxylic acids is 1. The van der Waals surface area contributed by atoms with E-state index in [2.05, 4.69) is 5.32 Å². The zero-order valence-electron chi connectivity index (χ0n) is 12.5. The van der Waals surface area contributed by atoms with Gasteiger partial charge in [-0.05, 0) is 23.8 Å². The SMILES string of the molecule is CC(C)(CNC(=O)c1coc(CN)c1)c1ccc(F)cc1Cl. The predicted octanol–water partition coefficient (Wildman–Crippen LogP) is 3.24. The molecule has 0 aliphatic carbocycles. The third-order valence-electron chi connectivity index (χ3n) is 3.47. The van der Waals surface area contributed by atoms with E-state index in [0.29, 0.717) is 22.9 Å². The minimum Gasteiger partial charge on any atom is -0.467 e. The van der Waals surface area contributed by atoms with E-state index >= 15 is 0 Å². The first kappa shape index (κ1) is 16.5. The molecule has 1 aromatic carbocycles. The van der Waals surface area contributed by atoms with Gasteiger partial charge in [0, 0.05) is 17.0 Å². The fourth-order valence-electron chi connectivity index (χ4n) is 2.14. The van der Waals surface area contributed by atoms with Gasteiger partial charge in [0.1, 0.15) is 17.8 Å². The number of furan rings is 1. The summed E-state index contributed by atoms with van der Waals surface area (Å²) in [6.07, 6.45) is 1.37. The number of hydrogen-bond acceptors (Lipinski definition) is 3. The number of nitrogens with one attached hydrogen (secondary N) is 1. The number of hydrogen-bond donors (Lipinski definition) is 2. The summed E-state index contributed by atoms with van der Waals surface area (Å²) in [5.41, 5.74) is 6.18. The van der Waals surface area contributed by atoms with Crippen molar-refractivity contribution in [2.75, 3.05) is 6.54 Å². The Labute approximate surface area is 133 Å². The molecule has 0 atom stereocenters. The first-order chi connectivity index (χ1) is 10.3. The highest BCUT2D eigenvalue weighted by molar-refractivity contribution is 6.31. The van der Waals surface area contributed by atoms with E-state index < -0.39 is 5.41 Å². The van der Waals surface area contributed by atoms with Crippen molar-refractivity contribution in [3.63, 3.8) is 0 Å². The molecular weight excluding hydrogens is 307 g/mol. The summed E-state index contributed by atoms with van der Waals surface area (Å²) in [7, 11) is 0. The molecule has 118 valence electrons. The van der Waals surface area contributed by atoms with Crippen LogP contribution in [0.4, 0.5) is 4.39 Å². The molecule has 1 aromatic heterocycles. The van der Waals surface area contributed by atoms with Crippen molar-refractivity contribution in [2.45, 2.75) is 25.8 Å². The lowest BCUT2D eigenvalue weighted by atomic mass is 9.84. The molecule has 0 saturated carbocycles. The smallest absolute Gasteiger partial charge is 0.254 e. The fraction of sp³-hybridized carbons (Fsp3) is 0.312. The normalized spacial score (nSPS) is 11.5. The molecule has 1 heterocycles. The van der Waals surface area contributed by atoms with E-state index in [4.69, 9.17) is 21.8 Å². The molecule has 0 unspecified atom stereocenters. The van der Waals surface area contributed by atoms with Crippen molar-refractivity contribution in [3.05, 3.63) is 58.3 Å². The highest BCUT2D eigenvalue weighted by Gasteiger charge is 2.25. The number of amides is 1. The molecule has 2 rings (SSSR count). The maximum absolute atomic E-state index is 13.1. The van der Waals surface area contributed by atoms with Crippen molar-refractivity contribution >= 4 is 17.5 Å². The van der Waals surface area contributed by atoms with Gasteiger partial charge in [-0.15, -0.1) is 0 Å². The lowest BCUT2D eigenvalue weighted by Gasteiger charge is -2.26. The van der Waals surface area contributed by atoms with Gasteiger partial charge in [-0.25, -0.2) is 4.39 Å². The van der Waals surface area contributed by atoms with Crippen LogP contribution in [-0.4, -0.2) is 12.5 Å². The fourth-order valence-corrected chi connectivity index (χ4v) is 2.57. The second kappa shape index (κ2) is 6.50. The molecule has 0 radical (unpaired) electrons. The average Bonchev–Trinajstić information content (AvgIpc) is 2.93. The molecule has 22 heavy (non-hydrogen) atoms. The largest absolute Gasteiger partial charge is 0.467 e. The summed E-state index contributed by atoms with van der Waals surface area (Å²) in [5.74, 6) is -0.0953. The van der Waals surface area contributed by atoms with Crippen LogP contribution >= 0.6 is 11.6 Å². The lowest BCUT2D eigenvalue weighted by molar-refractivity contribution is 0.0945. The van der Waals surface area contributed by atoms with Gasteiger partial charge in [0.2, 0.25) is 0 Å². The molecule has 0 aliphatic heterocycles. The zero-order chi connectivity index (χ0) is 16.3. The molecule has 0 saturated heterocycles. The molecule has 6 heteroatoms. The topological polar surface area (TPSA) is 68.3 Å². The van der Waals surface area contributed by atoms with E-state index in [1.807, 2.05) is 13.8 Å². The Kier molecular flexibility index (Phi) is 4.88. The van der Waals surface area contributed by atoms with Gasteiger partial charge in [0.15, 0.2) is 0 Å². The van der Waals surface area contributed by atoms with Crippen LogP contribution in [0.2, 0.25) is 5.02 Å². The monoisotopic (exact) mass is 324 g/mol. The van der Waals surface area contributed by atoms with Gasteiger partial charge < -0.3 is 15.5 Å². The maximum atomic E-state index is 13.1. The summed E-state index contributed by atoms with van der Waals surface area (Å²) in [6.45, 7) is 4.43. The second-order valence-corrected chi connectivity index (χ2v) is 6.10. The summed E-state index contributed by atoms with van der Waals surface area (Å²) in [5, 5.41) is 3.17. The lowest BCUT2D eigenvalue weighted by Crippen LogP contribution is -2.36. The Morgan fingerprint density at radius 2 is 2.14 bits per heavy atom. The molecular formula is C16H18ClFN2O2. The zero-order valence-corrected chi connectivity index (χ0v) is 13.2. The number of carbonyl (C=O) groups is 1. The van der Waals surface area contributed by atoms with E-state index in [1.54, 1.807) is 12.1 Å². The van der Waals surface area contributed by atoms with Gasteiger partial charge in [-0.3, -0.25) is 4.79 Å². The molecule has 0 fully saturated rings. The Hall–Kier alpha value is -1.85. The van der Waals surface area contributed by atoms with Crippen LogP contribution in [0.25, 0.3) is 0 Å². The van der Waals surface area contributed by atoms with Crippen molar-refractivity contribution in [3.8, 4) is 0 Å². The van der Waals surface area contributed by atoms with Crippen molar-refractivity contribution in [1.29, 1.82) is 0 Å². The second-order valence-electron chi connectivity index (χ2n) is 5.70. The third kappa shape index (κ3) is 3.67. The van der Waals surface area contributed by atoms with E-state index in [-0.39, 0.29) is 18.3 Å². The minimum absolute atomic E-state index is 0.240. The summed E-state index contributed by atoms with van der Waals surface area (Å²) >= 11 is 6.09. The summed E-state index contributed by atoms with van der Waals surface area (Å²) in [4.78, 5) is 12.1. The molecule has 0 aliphatic rings. The van der Waals surface area contributed by atoms with Gasteiger partial charge in [-0.1, -0.05) is 31.5 Å². The van der Waals surface area contributed by atoms with Crippen LogP contribution in [0.15, 0.2) is 34.9 Å². The van der Waals surface area contributed by atoms with E-state index in [1.165, 1.54) is 18.4 Å². The van der Waals surface area contributed by atoms with Gasteiger partial charge >= 0.3 is 0 Å². The van der Waals surface area contributed by atoms with Crippen LogP contribution in [0.1, 0.15) is 35.5 Å². The summed E-state index contributed by atoms with van der Waals surface area (Å²) < 4.78 is 18.3. The molecule has 3 N–H and O–H groups in total. The van der Waals surface area contributed by atoms with Crippen molar-refractivity contribution < 1.29 is 13.6 Å². The number of benzene rings is 1.